The molecule has 3 heterocycles. The number of hydrogen-bond donors (Lipinski definition) is 3. The van der Waals surface area contributed by atoms with Crippen LogP contribution in [0.2, 0.25) is 15.1 Å². The molecule has 6 aromatic rings. The van der Waals surface area contributed by atoms with Crippen LogP contribution in [0, 0.1) is 0 Å². The number of nitrogens with zero attached hydrogens (tertiary/aromatic N) is 8. The highest BCUT2D eigenvalue weighted by molar-refractivity contribution is 7.14. The van der Waals surface area contributed by atoms with Crippen molar-refractivity contribution in [1.82, 2.24) is 44.9 Å². The second kappa shape index (κ2) is 36.0. The van der Waals surface area contributed by atoms with Crippen molar-refractivity contribution in [2.75, 3.05) is 117 Å². The molecule has 24 heteroatoms. The predicted octanol–water partition coefficient (Wildman–Crippen LogP) is 9.74. The summed E-state index contributed by atoms with van der Waals surface area (Å²) in [6.07, 6.45) is 5.97. The van der Waals surface area contributed by atoms with Gasteiger partial charge in [-0.25, -0.2) is 14.5 Å². The van der Waals surface area contributed by atoms with Crippen molar-refractivity contribution in [3.8, 4) is 11.5 Å². The van der Waals surface area contributed by atoms with Crippen molar-refractivity contribution >= 4 is 80.7 Å². The SMILES string of the molecule is CCC(C)N(C(=O)CCc1ccc(OCCCCN(C)CCOCCOCCc2cn(CCOCCOc3ccc(NC(=O)Nc4nc(CC(=O)N5CCN(C)CC5)cs4)cc3)nn2)cc1)C(C(=O)NCc1ccc(Cl)cc1)c1ccc(Cl)c(Cl)c1. The number of thiazole rings is 1. The first-order chi connectivity index (χ1) is 41.7. The first-order valence-electron chi connectivity index (χ1n) is 29.2. The first-order valence-corrected chi connectivity index (χ1v) is 31.2. The van der Waals surface area contributed by atoms with Gasteiger partial charge in [0.25, 0.3) is 0 Å². The van der Waals surface area contributed by atoms with E-state index in [2.05, 4.69) is 48.1 Å². The number of carbonyl (C=O) groups is 4. The highest BCUT2D eigenvalue weighted by Crippen LogP contribution is 2.32. The Morgan fingerprint density at radius 2 is 1.41 bits per heavy atom. The summed E-state index contributed by atoms with van der Waals surface area (Å²) in [5, 5.41) is 20.5. The molecule has 20 nitrogen and oxygen atoms in total. The molecule has 2 unspecified atom stereocenters. The Bertz CT molecular complexity index is 3020. The van der Waals surface area contributed by atoms with E-state index in [1.54, 1.807) is 69.6 Å². The molecule has 5 amide bonds. The molecule has 0 radical (unpaired) electrons. The van der Waals surface area contributed by atoms with Gasteiger partial charge in [0, 0.05) is 80.4 Å². The molecule has 86 heavy (non-hydrogen) atoms. The average Bonchev–Trinajstić information content (AvgIpc) is 4.26. The van der Waals surface area contributed by atoms with Crippen molar-refractivity contribution in [2.24, 2.45) is 0 Å². The molecule has 1 aliphatic rings. The number of amides is 5. The predicted molar refractivity (Wildman–Crippen MR) is 337 cm³/mol. The second-order valence-corrected chi connectivity index (χ2v) is 23.1. The number of aromatic nitrogens is 4. The number of nitrogens with one attached hydrogen (secondary N) is 3. The largest absolute Gasteiger partial charge is 0.494 e. The van der Waals surface area contributed by atoms with Crippen LogP contribution in [0.5, 0.6) is 11.5 Å². The van der Waals surface area contributed by atoms with Crippen LogP contribution in [0.1, 0.15) is 73.7 Å². The highest BCUT2D eigenvalue weighted by Gasteiger charge is 2.34. The quantitative estimate of drug-likeness (QED) is 0.0313. The molecule has 1 fully saturated rings. The molecular weight excluding hydrogens is 1180 g/mol. The van der Waals surface area contributed by atoms with Crippen LogP contribution in [-0.4, -0.2) is 176 Å². The molecule has 464 valence electrons. The van der Waals surface area contributed by atoms with E-state index in [-0.39, 0.29) is 43.1 Å². The minimum Gasteiger partial charge on any atom is -0.494 e. The third kappa shape index (κ3) is 23.0. The average molecular weight is 1260 g/mol. The summed E-state index contributed by atoms with van der Waals surface area (Å²) in [7, 11) is 4.13. The van der Waals surface area contributed by atoms with Crippen LogP contribution in [0.4, 0.5) is 15.6 Å². The van der Waals surface area contributed by atoms with Gasteiger partial charge in [-0.3, -0.25) is 19.7 Å². The molecule has 1 aliphatic heterocycles. The van der Waals surface area contributed by atoms with E-state index in [1.807, 2.05) is 68.4 Å². The number of halogens is 3. The van der Waals surface area contributed by atoms with Gasteiger partial charge < -0.3 is 53.9 Å². The number of ether oxygens (including phenoxy) is 5. The molecule has 0 spiro atoms. The summed E-state index contributed by atoms with van der Waals surface area (Å²) in [6, 6.07) is 25.6. The van der Waals surface area contributed by atoms with Crippen molar-refractivity contribution in [3.63, 3.8) is 0 Å². The summed E-state index contributed by atoms with van der Waals surface area (Å²) >= 11 is 20.1. The Morgan fingerprint density at radius 1 is 0.721 bits per heavy atom. The smallest absolute Gasteiger partial charge is 0.325 e. The first kappa shape index (κ1) is 67.1. The fourth-order valence-electron chi connectivity index (χ4n) is 9.19. The zero-order chi connectivity index (χ0) is 61.0. The van der Waals surface area contributed by atoms with Gasteiger partial charge >= 0.3 is 6.03 Å². The summed E-state index contributed by atoms with van der Waals surface area (Å²) < 4.78 is 30.9. The van der Waals surface area contributed by atoms with E-state index in [0.717, 1.165) is 61.6 Å². The molecule has 0 bridgehead atoms. The van der Waals surface area contributed by atoms with E-state index >= 15 is 0 Å². The van der Waals surface area contributed by atoms with Crippen molar-refractivity contribution < 1.29 is 42.9 Å². The number of benzene rings is 4. The number of urea groups is 1. The number of aryl methyl sites for hydroxylation is 1. The summed E-state index contributed by atoms with van der Waals surface area (Å²) in [6.45, 7) is 13.5. The zero-order valence-corrected chi connectivity index (χ0v) is 52.6. The maximum Gasteiger partial charge on any atom is 0.325 e. The van der Waals surface area contributed by atoms with Gasteiger partial charge in [-0.05, 0) is 131 Å². The Balaban J connectivity index is 0.672. The Morgan fingerprint density at radius 3 is 2.14 bits per heavy atom. The Hall–Kier alpha value is -6.40. The molecule has 2 aromatic heterocycles. The van der Waals surface area contributed by atoms with E-state index in [4.69, 9.17) is 58.5 Å². The van der Waals surface area contributed by atoms with E-state index in [9.17, 15) is 19.2 Å². The molecule has 0 aliphatic carbocycles. The molecule has 0 saturated carbocycles. The summed E-state index contributed by atoms with van der Waals surface area (Å²) in [5.41, 5.74) is 4.51. The topological polar surface area (TPSA) is 207 Å². The maximum atomic E-state index is 14.1. The Kier molecular flexibility index (Phi) is 28.1. The van der Waals surface area contributed by atoms with E-state index in [0.29, 0.717) is 135 Å². The number of rotatable bonds is 36. The van der Waals surface area contributed by atoms with Gasteiger partial charge in [-0.2, -0.15) is 0 Å². The van der Waals surface area contributed by atoms with E-state index in [1.165, 1.54) is 11.3 Å². The Labute approximate surface area is 523 Å². The van der Waals surface area contributed by atoms with Crippen molar-refractivity contribution in [1.29, 1.82) is 0 Å². The standard InChI is InChI=1S/C62H80Cl3N11O9S/c1-5-45(2)76(59(48-13-22-55(64)56(65)40-48)60(79)66-42-47-8-14-49(63)15-9-47)57(77)23-12-46-10-18-53(19-11-46)84-32-7-6-25-72(3)30-34-82-37-36-81-33-24-51-43-75(71-70-51)31-35-83-38-39-85-54-20-16-50(17-21-54)67-61(80)69-62-68-52(44-86-62)41-58(78)74-28-26-73(4)27-29-74/h8-11,13-22,40,43-45,59H,5-7,12,23-39,41-42H2,1-4H3,(H,66,79)(H2,67,68,69,80). The van der Waals surface area contributed by atoms with Crippen molar-refractivity contribution in [3.05, 3.63) is 146 Å². The second-order valence-electron chi connectivity index (χ2n) is 21.0. The van der Waals surface area contributed by atoms with Crippen LogP contribution in [-0.2, 0) is 60.9 Å². The lowest BCUT2D eigenvalue weighted by atomic mass is 9.99. The molecular formula is C62H80Cl3N11O9S. The number of likely N-dealkylation sites (N-methyl/N-ethyl adjacent to an activating group) is 2. The maximum absolute atomic E-state index is 14.1. The van der Waals surface area contributed by atoms with Gasteiger partial charge in [0.1, 0.15) is 24.1 Å². The number of carbonyl (C=O) groups excluding carboxylic acids is 4. The minimum absolute atomic E-state index is 0.0448. The fraction of sp³-hybridized carbons (Fsp3) is 0.468. The van der Waals surface area contributed by atoms with Crippen LogP contribution >= 0.6 is 46.1 Å². The summed E-state index contributed by atoms with van der Waals surface area (Å²) in [5.74, 6) is 0.997. The lowest BCUT2D eigenvalue weighted by Gasteiger charge is -2.36. The molecule has 4 aromatic carbocycles. The van der Waals surface area contributed by atoms with Crippen LogP contribution in [0.25, 0.3) is 0 Å². The third-order valence-electron chi connectivity index (χ3n) is 14.4. The number of hydrogen-bond acceptors (Lipinski definition) is 15. The van der Waals surface area contributed by atoms with Gasteiger partial charge in [-0.15, -0.1) is 16.4 Å². The van der Waals surface area contributed by atoms with Crippen LogP contribution < -0.4 is 25.4 Å². The number of anilines is 2. The lowest BCUT2D eigenvalue weighted by Crippen LogP contribution is -2.47. The molecule has 7 rings (SSSR count). The third-order valence-corrected chi connectivity index (χ3v) is 16.2. The fourth-order valence-corrected chi connectivity index (χ4v) is 10.3. The monoisotopic (exact) mass is 1260 g/mol. The van der Waals surface area contributed by atoms with Crippen LogP contribution in [0.3, 0.4) is 0 Å². The van der Waals surface area contributed by atoms with Crippen LogP contribution in [0.15, 0.2) is 103 Å². The van der Waals surface area contributed by atoms with Gasteiger partial charge in [-0.1, -0.05) is 77.3 Å². The minimum atomic E-state index is -0.921. The molecule has 3 N–H and O–H groups in total. The lowest BCUT2D eigenvalue weighted by molar-refractivity contribution is -0.143. The van der Waals surface area contributed by atoms with Gasteiger partial charge in [0.2, 0.25) is 17.7 Å². The van der Waals surface area contributed by atoms with Crippen molar-refractivity contribution in [2.45, 2.75) is 84.0 Å². The normalized spacial score (nSPS) is 13.3. The highest BCUT2D eigenvalue weighted by atomic mass is 35.5. The molecule has 1 saturated heterocycles. The van der Waals surface area contributed by atoms with Gasteiger partial charge in [0.05, 0.1) is 80.6 Å². The zero-order valence-electron chi connectivity index (χ0n) is 49.5. The van der Waals surface area contributed by atoms with Gasteiger partial charge in [0.15, 0.2) is 5.13 Å². The number of unbranched alkanes of at least 4 members (excludes halogenated alkanes) is 1. The number of piperazine rings is 1. The summed E-state index contributed by atoms with van der Waals surface area (Å²) in [4.78, 5) is 65.8. The molecule has 2 atom stereocenters. The van der Waals surface area contributed by atoms with E-state index < -0.39 is 12.1 Å².